The van der Waals surface area contributed by atoms with Crippen molar-refractivity contribution in [3.63, 3.8) is 0 Å². The first-order chi connectivity index (χ1) is 10.9. The van der Waals surface area contributed by atoms with Gasteiger partial charge in [0.25, 0.3) is 0 Å². The van der Waals surface area contributed by atoms with Crippen LogP contribution in [0.25, 0.3) is 0 Å². The van der Waals surface area contributed by atoms with Gasteiger partial charge >= 0.3 is 0 Å². The van der Waals surface area contributed by atoms with Gasteiger partial charge in [-0.05, 0) is 19.4 Å². The van der Waals surface area contributed by atoms with Crippen molar-refractivity contribution in [3.05, 3.63) is 24.0 Å². The Kier molecular flexibility index (Phi) is 4.49. The molecule has 0 bridgehead atoms. The molecule has 1 saturated heterocycles. The van der Waals surface area contributed by atoms with E-state index in [1.165, 1.54) is 6.26 Å². The Morgan fingerprint density at radius 2 is 1.96 bits per heavy atom. The summed E-state index contributed by atoms with van der Waals surface area (Å²) < 4.78 is 16.3. The monoisotopic (exact) mass is 330 g/mol. The van der Waals surface area contributed by atoms with Gasteiger partial charge in [0.2, 0.25) is 6.29 Å². The van der Waals surface area contributed by atoms with E-state index in [0.717, 1.165) is 5.57 Å². The van der Waals surface area contributed by atoms with Crippen molar-refractivity contribution >= 4 is 0 Å². The van der Waals surface area contributed by atoms with E-state index in [0.29, 0.717) is 6.42 Å². The number of fused-ring (bicyclic) bond motifs is 1. The van der Waals surface area contributed by atoms with Crippen molar-refractivity contribution in [3.8, 4) is 0 Å². The van der Waals surface area contributed by atoms with E-state index in [2.05, 4.69) is 0 Å². The molecule has 8 nitrogen and oxygen atoms in total. The predicted octanol–water partition coefficient (Wildman–Crippen LogP) is -1.63. The summed E-state index contributed by atoms with van der Waals surface area (Å²) in [6.07, 6.45) is -2.58. The molecule has 23 heavy (non-hydrogen) atoms. The number of hydrogen-bond acceptors (Lipinski definition) is 8. The lowest BCUT2D eigenvalue weighted by Crippen LogP contribution is -2.60. The van der Waals surface area contributed by atoms with Crippen LogP contribution < -0.4 is 0 Å². The maximum absolute atomic E-state index is 10.6. The Morgan fingerprint density at radius 3 is 2.65 bits per heavy atom. The molecule has 0 aromatic carbocycles. The first kappa shape index (κ1) is 16.8. The van der Waals surface area contributed by atoms with E-state index in [4.69, 9.17) is 14.2 Å². The highest BCUT2D eigenvalue weighted by atomic mass is 16.8. The van der Waals surface area contributed by atoms with Gasteiger partial charge in [0.15, 0.2) is 6.29 Å². The van der Waals surface area contributed by atoms with Crippen LogP contribution in [0.1, 0.15) is 13.3 Å². The zero-order valence-corrected chi connectivity index (χ0v) is 12.6. The van der Waals surface area contributed by atoms with Crippen molar-refractivity contribution in [1.82, 2.24) is 0 Å². The van der Waals surface area contributed by atoms with Crippen molar-refractivity contribution < 1.29 is 39.7 Å². The Labute approximate surface area is 133 Å². The third-order valence-electron chi connectivity index (χ3n) is 4.74. The second-order valence-electron chi connectivity index (χ2n) is 6.26. The van der Waals surface area contributed by atoms with Gasteiger partial charge in [-0.25, -0.2) is 0 Å². The summed E-state index contributed by atoms with van der Waals surface area (Å²) in [6, 6.07) is 0. The second kappa shape index (κ2) is 6.14. The van der Waals surface area contributed by atoms with Gasteiger partial charge in [0.05, 0.1) is 18.8 Å². The first-order valence-corrected chi connectivity index (χ1v) is 7.55. The Balaban J connectivity index is 1.76. The molecule has 2 heterocycles. The molecule has 0 radical (unpaired) electrons. The molecule has 1 aliphatic carbocycles. The lowest BCUT2D eigenvalue weighted by atomic mass is 9.85. The molecule has 0 amide bonds. The summed E-state index contributed by atoms with van der Waals surface area (Å²) in [5.41, 5.74) is -0.243. The van der Waals surface area contributed by atoms with Gasteiger partial charge in [0, 0.05) is 0 Å². The van der Waals surface area contributed by atoms with Crippen LogP contribution in [-0.2, 0) is 14.2 Å². The van der Waals surface area contributed by atoms with E-state index in [1.807, 2.05) is 13.0 Å². The molecular formula is C15H22O8. The summed E-state index contributed by atoms with van der Waals surface area (Å²) in [5.74, 6) is -0.472. The zero-order valence-electron chi connectivity index (χ0n) is 12.6. The Morgan fingerprint density at radius 1 is 1.22 bits per heavy atom. The highest BCUT2D eigenvalue weighted by Gasteiger charge is 2.51. The van der Waals surface area contributed by atoms with Gasteiger partial charge in [-0.15, -0.1) is 0 Å². The molecule has 8 atom stereocenters. The molecule has 5 N–H and O–H groups in total. The summed E-state index contributed by atoms with van der Waals surface area (Å²) in [4.78, 5) is 0. The van der Waals surface area contributed by atoms with E-state index in [9.17, 15) is 25.5 Å². The number of rotatable bonds is 3. The van der Waals surface area contributed by atoms with E-state index >= 15 is 0 Å². The number of ether oxygens (including phenoxy) is 3. The van der Waals surface area contributed by atoms with Crippen molar-refractivity contribution in [2.45, 2.75) is 55.9 Å². The smallest absolute Gasteiger partial charge is 0.211 e. The quantitative estimate of drug-likeness (QED) is 0.390. The summed E-state index contributed by atoms with van der Waals surface area (Å²) in [7, 11) is 0. The van der Waals surface area contributed by atoms with Gasteiger partial charge in [-0.1, -0.05) is 11.6 Å². The molecule has 0 aromatic rings. The molecule has 8 unspecified atom stereocenters. The SMILES string of the molecule is CC1=CCC2(O)C=COC(OC3OC(CO)C(O)C(O)C3O)C12. The molecule has 1 fully saturated rings. The lowest BCUT2D eigenvalue weighted by Gasteiger charge is -2.43. The lowest BCUT2D eigenvalue weighted by molar-refractivity contribution is -0.342. The van der Waals surface area contributed by atoms with Crippen LogP contribution >= 0.6 is 0 Å². The Bertz CT molecular complexity index is 504. The second-order valence-corrected chi connectivity index (χ2v) is 6.26. The van der Waals surface area contributed by atoms with Gasteiger partial charge in [-0.2, -0.15) is 0 Å². The molecule has 3 aliphatic rings. The number of hydrogen-bond donors (Lipinski definition) is 5. The van der Waals surface area contributed by atoms with Crippen LogP contribution in [-0.4, -0.2) is 74.7 Å². The number of aliphatic hydroxyl groups excluding tert-OH is 4. The van der Waals surface area contributed by atoms with Gasteiger partial charge in [0.1, 0.15) is 30.0 Å². The van der Waals surface area contributed by atoms with Crippen LogP contribution in [0.3, 0.4) is 0 Å². The van der Waals surface area contributed by atoms with Gasteiger partial charge < -0.3 is 39.7 Å². The van der Waals surface area contributed by atoms with Crippen molar-refractivity contribution in [2.24, 2.45) is 5.92 Å². The minimum absolute atomic E-state index is 0.428. The first-order valence-electron chi connectivity index (χ1n) is 7.55. The molecular weight excluding hydrogens is 308 g/mol. The Hall–Kier alpha value is -1.00. The largest absolute Gasteiger partial charge is 0.472 e. The maximum Gasteiger partial charge on any atom is 0.211 e. The molecule has 0 saturated carbocycles. The standard InChI is InChI=1S/C15H22O8/c1-7-2-3-15(20)4-5-21-13(9(7)15)23-14-12(19)11(18)10(17)8(6-16)22-14/h2,4-5,8-14,16-20H,3,6H2,1H3. The van der Waals surface area contributed by atoms with Crippen LogP contribution in [0, 0.1) is 5.92 Å². The minimum Gasteiger partial charge on any atom is -0.472 e. The van der Waals surface area contributed by atoms with Crippen LogP contribution in [0.5, 0.6) is 0 Å². The maximum atomic E-state index is 10.6. The normalized spacial score (nSPS) is 49.5. The summed E-state index contributed by atoms with van der Waals surface area (Å²) in [6.45, 7) is 1.30. The van der Waals surface area contributed by atoms with Crippen LogP contribution in [0.4, 0.5) is 0 Å². The third-order valence-corrected chi connectivity index (χ3v) is 4.74. The fourth-order valence-corrected chi connectivity index (χ4v) is 3.33. The molecule has 130 valence electrons. The van der Waals surface area contributed by atoms with E-state index < -0.39 is 55.1 Å². The van der Waals surface area contributed by atoms with Crippen molar-refractivity contribution in [2.75, 3.05) is 6.61 Å². The average molecular weight is 330 g/mol. The van der Waals surface area contributed by atoms with Crippen LogP contribution in [0.2, 0.25) is 0 Å². The minimum atomic E-state index is -1.52. The summed E-state index contributed by atoms with van der Waals surface area (Å²) >= 11 is 0. The highest BCUT2D eigenvalue weighted by molar-refractivity contribution is 5.27. The fraction of sp³-hybridized carbons (Fsp3) is 0.733. The van der Waals surface area contributed by atoms with E-state index in [-0.39, 0.29) is 0 Å². The van der Waals surface area contributed by atoms with Crippen LogP contribution in [0.15, 0.2) is 24.0 Å². The molecule has 0 spiro atoms. The molecule has 8 heteroatoms. The average Bonchev–Trinajstić information content (AvgIpc) is 2.84. The molecule has 0 aromatic heterocycles. The zero-order chi connectivity index (χ0) is 16.8. The molecule has 3 rings (SSSR count). The summed E-state index contributed by atoms with van der Waals surface area (Å²) in [5, 5.41) is 49.4. The topological polar surface area (TPSA) is 129 Å². The number of aliphatic hydroxyl groups is 5. The predicted molar refractivity (Wildman–Crippen MR) is 75.7 cm³/mol. The third kappa shape index (κ3) is 2.80. The van der Waals surface area contributed by atoms with E-state index in [1.54, 1.807) is 6.08 Å². The van der Waals surface area contributed by atoms with Gasteiger partial charge in [-0.3, -0.25) is 0 Å². The van der Waals surface area contributed by atoms with Crippen molar-refractivity contribution in [1.29, 1.82) is 0 Å². The highest BCUT2D eigenvalue weighted by Crippen LogP contribution is 2.43. The fourth-order valence-electron chi connectivity index (χ4n) is 3.33. The molecule has 2 aliphatic heterocycles.